The van der Waals surface area contributed by atoms with Crippen LogP contribution >= 0.6 is 0 Å². The number of hydrogen-bond acceptors (Lipinski definition) is 5. The number of carboxylic acids is 1. The van der Waals surface area contributed by atoms with Crippen LogP contribution in [0.3, 0.4) is 0 Å². The van der Waals surface area contributed by atoms with Gasteiger partial charge in [0.25, 0.3) is 10.0 Å². The molecule has 0 spiro atoms. The number of hydrogen-bond donors (Lipinski definition) is 2. The van der Waals surface area contributed by atoms with Gasteiger partial charge in [0.05, 0.1) is 28.5 Å². The van der Waals surface area contributed by atoms with Gasteiger partial charge in [-0.1, -0.05) is 13.8 Å². The summed E-state index contributed by atoms with van der Waals surface area (Å²) in [6, 6.07) is 2.59. The topological polar surface area (TPSA) is 109 Å². The number of nitrogens with zero attached hydrogens (tertiary/aromatic N) is 2. The van der Waals surface area contributed by atoms with Crippen LogP contribution in [-0.4, -0.2) is 29.5 Å². The van der Waals surface area contributed by atoms with Crippen LogP contribution in [-0.2, 0) is 10.0 Å². The highest BCUT2D eigenvalue weighted by Crippen LogP contribution is 2.23. The van der Waals surface area contributed by atoms with Crippen molar-refractivity contribution in [2.75, 3.05) is 4.72 Å². The van der Waals surface area contributed by atoms with Gasteiger partial charge in [-0.05, 0) is 37.1 Å². The number of benzene rings is 1. The Balaban J connectivity index is 2.42. The molecule has 0 radical (unpaired) electrons. The molecule has 1 aromatic carbocycles. The second-order valence-electron chi connectivity index (χ2n) is 5.81. The Kier molecular flexibility index (Phi) is 4.88. The van der Waals surface area contributed by atoms with Crippen LogP contribution in [0.15, 0.2) is 29.4 Å². The van der Waals surface area contributed by atoms with Gasteiger partial charge in [-0.2, -0.15) is 0 Å². The molecular formula is C16H19N3O4S. The predicted octanol–water partition coefficient (Wildman–Crippen LogP) is 2.72. The SMILES string of the molecule is Cc1cc(C(=O)O)cc(S(=O)(=O)Nc2cnc(C(C)C)nc2)c1C. The summed E-state index contributed by atoms with van der Waals surface area (Å²) in [6.07, 6.45) is 2.78. The van der Waals surface area contributed by atoms with Crippen LogP contribution in [0.25, 0.3) is 0 Å². The number of sulfonamides is 1. The molecule has 2 aromatic rings. The number of aromatic nitrogens is 2. The Bertz CT molecular complexity index is 875. The maximum absolute atomic E-state index is 12.6. The van der Waals surface area contributed by atoms with Gasteiger partial charge >= 0.3 is 5.97 Å². The van der Waals surface area contributed by atoms with Crippen molar-refractivity contribution < 1.29 is 18.3 Å². The summed E-state index contributed by atoms with van der Waals surface area (Å²) >= 11 is 0. The van der Waals surface area contributed by atoms with E-state index < -0.39 is 16.0 Å². The smallest absolute Gasteiger partial charge is 0.335 e. The zero-order chi connectivity index (χ0) is 18.1. The van der Waals surface area contributed by atoms with Crippen LogP contribution in [0.1, 0.15) is 47.1 Å². The van der Waals surface area contributed by atoms with Gasteiger partial charge in [-0.25, -0.2) is 23.2 Å². The first-order valence-corrected chi connectivity index (χ1v) is 8.79. The summed E-state index contributed by atoms with van der Waals surface area (Å²) in [5.74, 6) is -0.440. The summed E-state index contributed by atoms with van der Waals surface area (Å²) in [5, 5.41) is 9.13. The highest BCUT2D eigenvalue weighted by molar-refractivity contribution is 7.92. The molecule has 0 bridgehead atoms. The molecule has 2 N–H and O–H groups in total. The summed E-state index contributed by atoms with van der Waals surface area (Å²) in [4.78, 5) is 19.3. The van der Waals surface area contributed by atoms with E-state index in [4.69, 9.17) is 5.11 Å². The van der Waals surface area contributed by atoms with E-state index in [1.54, 1.807) is 13.8 Å². The second kappa shape index (κ2) is 6.56. The lowest BCUT2D eigenvalue weighted by Crippen LogP contribution is -2.16. The van der Waals surface area contributed by atoms with E-state index >= 15 is 0 Å². The van der Waals surface area contributed by atoms with E-state index in [1.165, 1.54) is 18.5 Å². The zero-order valence-electron chi connectivity index (χ0n) is 13.9. The van der Waals surface area contributed by atoms with Crippen molar-refractivity contribution in [3.8, 4) is 0 Å². The fourth-order valence-electron chi connectivity index (χ4n) is 2.13. The lowest BCUT2D eigenvalue weighted by molar-refractivity contribution is 0.0696. The molecule has 0 aliphatic carbocycles. The normalized spacial score (nSPS) is 11.5. The quantitative estimate of drug-likeness (QED) is 0.859. The molecule has 2 rings (SSSR count). The van der Waals surface area contributed by atoms with Crippen LogP contribution in [0.4, 0.5) is 5.69 Å². The maximum Gasteiger partial charge on any atom is 0.335 e. The molecule has 8 heteroatoms. The van der Waals surface area contributed by atoms with Crippen LogP contribution in [0.2, 0.25) is 0 Å². The molecule has 0 atom stereocenters. The fraction of sp³-hybridized carbons (Fsp3) is 0.312. The van der Waals surface area contributed by atoms with E-state index in [0.717, 1.165) is 6.07 Å². The molecule has 0 saturated carbocycles. The van der Waals surface area contributed by atoms with Crippen molar-refractivity contribution in [1.29, 1.82) is 0 Å². The van der Waals surface area contributed by atoms with Gasteiger partial charge in [-0.15, -0.1) is 0 Å². The molecule has 0 unspecified atom stereocenters. The molecular weight excluding hydrogens is 330 g/mol. The van der Waals surface area contributed by atoms with E-state index in [-0.39, 0.29) is 22.1 Å². The summed E-state index contributed by atoms with van der Waals surface area (Å²) in [7, 11) is -3.95. The molecule has 0 fully saturated rings. The fourth-order valence-corrected chi connectivity index (χ4v) is 3.50. The third-order valence-electron chi connectivity index (χ3n) is 3.60. The molecule has 0 aliphatic rings. The number of aromatic carboxylic acids is 1. The van der Waals surface area contributed by atoms with E-state index in [0.29, 0.717) is 17.0 Å². The van der Waals surface area contributed by atoms with Crippen molar-refractivity contribution >= 4 is 21.7 Å². The second-order valence-corrected chi connectivity index (χ2v) is 7.46. The van der Waals surface area contributed by atoms with Gasteiger partial charge < -0.3 is 5.11 Å². The van der Waals surface area contributed by atoms with Crippen LogP contribution < -0.4 is 4.72 Å². The minimum absolute atomic E-state index is 0.0761. The van der Waals surface area contributed by atoms with Gasteiger partial charge in [0.1, 0.15) is 5.82 Å². The van der Waals surface area contributed by atoms with Gasteiger partial charge in [-0.3, -0.25) is 4.72 Å². The lowest BCUT2D eigenvalue weighted by Gasteiger charge is -2.13. The van der Waals surface area contributed by atoms with E-state index in [2.05, 4.69) is 14.7 Å². The summed E-state index contributed by atoms with van der Waals surface area (Å²) in [6.45, 7) is 7.17. The van der Waals surface area contributed by atoms with Crippen LogP contribution in [0.5, 0.6) is 0 Å². The first kappa shape index (κ1) is 17.9. The molecule has 7 nitrogen and oxygen atoms in total. The average Bonchev–Trinajstić information content (AvgIpc) is 2.49. The number of carbonyl (C=O) groups is 1. The monoisotopic (exact) mass is 349 g/mol. The first-order chi connectivity index (χ1) is 11.1. The third-order valence-corrected chi connectivity index (χ3v) is 5.10. The Morgan fingerprint density at radius 2 is 1.75 bits per heavy atom. The van der Waals surface area contributed by atoms with Crippen LogP contribution in [0, 0.1) is 13.8 Å². The standard InChI is InChI=1S/C16H19N3O4S/c1-9(2)15-17-7-13(8-18-15)19-24(22,23)14-6-12(16(20)21)5-10(3)11(14)4/h5-9,19H,1-4H3,(H,20,21). The van der Waals surface area contributed by atoms with Crippen molar-refractivity contribution in [1.82, 2.24) is 9.97 Å². The highest BCUT2D eigenvalue weighted by Gasteiger charge is 2.21. The maximum atomic E-state index is 12.6. The van der Waals surface area contributed by atoms with Crippen molar-refractivity contribution in [2.45, 2.75) is 38.5 Å². The molecule has 24 heavy (non-hydrogen) atoms. The van der Waals surface area contributed by atoms with Gasteiger partial charge in [0.2, 0.25) is 0 Å². The molecule has 1 heterocycles. The minimum Gasteiger partial charge on any atom is -0.478 e. The number of carboxylic acid groups (broad SMARTS) is 1. The van der Waals surface area contributed by atoms with E-state index in [9.17, 15) is 13.2 Å². The number of rotatable bonds is 5. The Hall–Kier alpha value is -2.48. The van der Waals surface area contributed by atoms with Gasteiger partial charge in [0.15, 0.2) is 0 Å². The van der Waals surface area contributed by atoms with Crippen molar-refractivity contribution in [2.24, 2.45) is 0 Å². The molecule has 0 amide bonds. The molecule has 0 saturated heterocycles. The summed E-state index contributed by atoms with van der Waals surface area (Å²) in [5.41, 5.74) is 1.22. The highest BCUT2D eigenvalue weighted by atomic mass is 32.2. The summed E-state index contributed by atoms with van der Waals surface area (Å²) < 4.78 is 27.6. The van der Waals surface area contributed by atoms with Crippen molar-refractivity contribution in [3.63, 3.8) is 0 Å². The van der Waals surface area contributed by atoms with E-state index in [1.807, 2.05) is 13.8 Å². The predicted molar refractivity (Wildman–Crippen MR) is 89.8 cm³/mol. The average molecular weight is 349 g/mol. The lowest BCUT2D eigenvalue weighted by atomic mass is 10.1. The molecule has 1 aromatic heterocycles. The third kappa shape index (κ3) is 3.70. The Morgan fingerprint density at radius 3 is 2.25 bits per heavy atom. The minimum atomic E-state index is -3.95. The molecule has 128 valence electrons. The zero-order valence-corrected chi connectivity index (χ0v) is 14.7. The first-order valence-electron chi connectivity index (χ1n) is 7.31. The number of aryl methyl sites for hydroxylation is 1. The molecule has 0 aliphatic heterocycles. The number of nitrogens with one attached hydrogen (secondary N) is 1. The Labute approximate surface area is 140 Å². The number of anilines is 1. The Morgan fingerprint density at radius 1 is 1.17 bits per heavy atom. The van der Waals surface area contributed by atoms with Crippen molar-refractivity contribution in [3.05, 3.63) is 47.0 Å². The largest absolute Gasteiger partial charge is 0.478 e. The van der Waals surface area contributed by atoms with Gasteiger partial charge in [0, 0.05) is 5.92 Å².